The highest BCUT2D eigenvalue weighted by Crippen LogP contribution is 2.14. The Hall–Kier alpha value is -0.900. The van der Waals surface area contributed by atoms with Gasteiger partial charge in [0.2, 0.25) is 0 Å². The van der Waals surface area contributed by atoms with Gasteiger partial charge in [0.15, 0.2) is 0 Å². The van der Waals surface area contributed by atoms with Crippen molar-refractivity contribution >= 4 is 0 Å². The van der Waals surface area contributed by atoms with E-state index in [0.29, 0.717) is 6.04 Å². The zero-order valence-electron chi connectivity index (χ0n) is 11.6. The van der Waals surface area contributed by atoms with E-state index < -0.39 is 0 Å². The average Bonchev–Trinajstić information content (AvgIpc) is 2.37. The van der Waals surface area contributed by atoms with Gasteiger partial charge in [0.25, 0.3) is 0 Å². The molecule has 18 heavy (non-hydrogen) atoms. The Bertz CT molecular complexity index is 361. The topological polar surface area (TPSA) is 32.5 Å². The van der Waals surface area contributed by atoms with Crippen molar-refractivity contribution in [2.45, 2.75) is 25.9 Å². The van der Waals surface area contributed by atoms with Crippen LogP contribution in [0.2, 0.25) is 0 Å². The number of piperazine rings is 1. The second kappa shape index (κ2) is 6.32. The Morgan fingerprint density at radius 2 is 1.94 bits per heavy atom. The molecule has 1 heterocycles. The zero-order valence-corrected chi connectivity index (χ0v) is 11.6. The fourth-order valence-corrected chi connectivity index (χ4v) is 2.61. The molecule has 0 radical (unpaired) electrons. The van der Waals surface area contributed by atoms with E-state index in [-0.39, 0.29) is 0 Å². The quantitative estimate of drug-likeness (QED) is 0.874. The van der Waals surface area contributed by atoms with Gasteiger partial charge in [-0.2, -0.15) is 0 Å². The molecule has 1 atom stereocenters. The molecule has 100 valence electrons. The molecule has 0 saturated carbocycles. The number of rotatable bonds is 4. The smallest absolute Gasteiger partial charge is 0.0234 e. The van der Waals surface area contributed by atoms with E-state index in [2.05, 4.69) is 48.0 Å². The van der Waals surface area contributed by atoms with Crippen LogP contribution in [0.4, 0.5) is 0 Å². The van der Waals surface area contributed by atoms with Gasteiger partial charge in [0.1, 0.15) is 0 Å². The molecule has 0 bridgehead atoms. The van der Waals surface area contributed by atoms with Crippen LogP contribution in [0.15, 0.2) is 24.3 Å². The lowest BCUT2D eigenvalue weighted by Gasteiger charge is -2.39. The lowest BCUT2D eigenvalue weighted by molar-refractivity contribution is 0.0870. The Balaban J connectivity index is 1.91. The first-order valence-electron chi connectivity index (χ1n) is 6.87. The maximum absolute atomic E-state index is 5.69. The third kappa shape index (κ3) is 3.55. The summed E-state index contributed by atoms with van der Waals surface area (Å²) >= 11 is 0. The molecule has 0 spiro atoms. The third-order valence-corrected chi connectivity index (χ3v) is 3.89. The van der Waals surface area contributed by atoms with Crippen molar-refractivity contribution in [3.8, 4) is 0 Å². The number of benzene rings is 1. The highest BCUT2D eigenvalue weighted by molar-refractivity contribution is 5.21. The number of nitrogens with zero attached hydrogens (tertiary/aromatic N) is 2. The van der Waals surface area contributed by atoms with Crippen LogP contribution in [0.1, 0.15) is 17.5 Å². The summed E-state index contributed by atoms with van der Waals surface area (Å²) in [6.45, 7) is 7.43. The lowest BCUT2D eigenvalue weighted by atomic mass is 10.1. The molecule has 1 saturated heterocycles. The number of likely N-dealkylation sites (N-methyl/N-ethyl adjacent to an activating group) is 1. The van der Waals surface area contributed by atoms with Crippen molar-refractivity contribution < 1.29 is 0 Å². The van der Waals surface area contributed by atoms with Crippen LogP contribution < -0.4 is 5.73 Å². The molecule has 0 amide bonds. The monoisotopic (exact) mass is 247 g/mol. The second-order valence-corrected chi connectivity index (χ2v) is 5.43. The zero-order chi connectivity index (χ0) is 13.0. The fraction of sp³-hybridized carbons (Fsp3) is 0.600. The molecule has 1 aliphatic heterocycles. The van der Waals surface area contributed by atoms with Gasteiger partial charge >= 0.3 is 0 Å². The molecular weight excluding hydrogens is 222 g/mol. The maximum atomic E-state index is 5.69. The predicted octanol–water partition coefficient (Wildman–Crippen LogP) is 1.46. The summed E-state index contributed by atoms with van der Waals surface area (Å²) in [4.78, 5) is 4.99. The summed E-state index contributed by atoms with van der Waals surface area (Å²) in [5.41, 5.74) is 8.44. The molecule has 2 N–H and O–H groups in total. The molecule has 1 aromatic carbocycles. The van der Waals surface area contributed by atoms with E-state index in [9.17, 15) is 0 Å². The minimum absolute atomic E-state index is 0.620. The normalized spacial score (nSPS) is 22.3. The number of nitrogens with two attached hydrogens (primary N) is 1. The molecule has 0 aromatic heterocycles. The van der Waals surface area contributed by atoms with E-state index in [1.54, 1.807) is 0 Å². The summed E-state index contributed by atoms with van der Waals surface area (Å²) < 4.78 is 0. The molecule has 3 heteroatoms. The van der Waals surface area contributed by atoms with Gasteiger partial charge in [-0.1, -0.05) is 29.8 Å². The Kier molecular flexibility index (Phi) is 4.75. The van der Waals surface area contributed by atoms with E-state index >= 15 is 0 Å². The molecule has 1 fully saturated rings. The standard InChI is InChI=1S/C15H25N3/c1-13-3-5-14(6-4-13)11-18-10-9-17(2)15(12-18)7-8-16/h3-6,15H,7-12,16H2,1-2H3. The molecule has 2 rings (SSSR count). The molecule has 1 unspecified atom stereocenters. The Morgan fingerprint density at radius 1 is 1.22 bits per heavy atom. The average molecular weight is 247 g/mol. The summed E-state index contributed by atoms with van der Waals surface area (Å²) in [6.07, 6.45) is 1.10. The van der Waals surface area contributed by atoms with Gasteiger partial charge in [0, 0.05) is 32.2 Å². The highest BCUT2D eigenvalue weighted by atomic mass is 15.3. The minimum Gasteiger partial charge on any atom is -0.330 e. The number of hydrogen-bond acceptors (Lipinski definition) is 3. The summed E-state index contributed by atoms with van der Waals surface area (Å²) in [5.74, 6) is 0. The van der Waals surface area contributed by atoms with Crippen molar-refractivity contribution in [3.05, 3.63) is 35.4 Å². The third-order valence-electron chi connectivity index (χ3n) is 3.89. The number of aryl methyl sites for hydroxylation is 1. The van der Waals surface area contributed by atoms with E-state index in [0.717, 1.165) is 39.1 Å². The van der Waals surface area contributed by atoms with E-state index in [1.807, 2.05) is 0 Å². The largest absolute Gasteiger partial charge is 0.330 e. The summed E-state index contributed by atoms with van der Waals surface area (Å²) in [7, 11) is 2.21. The molecule has 0 aliphatic carbocycles. The fourth-order valence-electron chi connectivity index (χ4n) is 2.61. The van der Waals surface area contributed by atoms with Gasteiger partial charge in [-0.25, -0.2) is 0 Å². The van der Waals surface area contributed by atoms with Gasteiger partial charge < -0.3 is 10.6 Å². The Labute approximate surface area is 111 Å². The van der Waals surface area contributed by atoms with Crippen LogP contribution in [-0.2, 0) is 6.54 Å². The summed E-state index contributed by atoms with van der Waals surface area (Å²) in [5, 5.41) is 0. The predicted molar refractivity (Wildman–Crippen MR) is 76.5 cm³/mol. The molecule has 1 aromatic rings. The molecule has 3 nitrogen and oxygen atoms in total. The van der Waals surface area contributed by atoms with Crippen molar-refractivity contribution in [1.29, 1.82) is 0 Å². The van der Waals surface area contributed by atoms with Crippen molar-refractivity contribution in [3.63, 3.8) is 0 Å². The van der Waals surface area contributed by atoms with Crippen LogP contribution in [-0.4, -0.2) is 49.1 Å². The van der Waals surface area contributed by atoms with Crippen LogP contribution >= 0.6 is 0 Å². The van der Waals surface area contributed by atoms with Crippen LogP contribution in [0.5, 0.6) is 0 Å². The first-order valence-corrected chi connectivity index (χ1v) is 6.87. The second-order valence-electron chi connectivity index (χ2n) is 5.43. The van der Waals surface area contributed by atoms with Crippen molar-refractivity contribution in [2.24, 2.45) is 5.73 Å². The number of hydrogen-bond donors (Lipinski definition) is 1. The minimum atomic E-state index is 0.620. The van der Waals surface area contributed by atoms with Crippen LogP contribution in [0, 0.1) is 6.92 Å². The van der Waals surface area contributed by atoms with Crippen molar-refractivity contribution in [1.82, 2.24) is 9.80 Å². The lowest BCUT2D eigenvalue weighted by Crippen LogP contribution is -2.51. The summed E-state index contributed by atoms with van der Waals surface area (Å²) in [6, 6.07) is 9.50. The first-order chi connectivity index (χ1) is 8.69. The van der Waals surface area contributed by atoms with Crippen LogP contribution in [0.3, 0.4) is 0 Å². The first kappa shape index (κ1) is 13.5. The molecule has 1 aliphatic rings. The van der Waals surface area contributed by atoms with Crippen LogP contribution in [0.25, 0.3) is 0 Å². The van der Waals surface area contributed by atoms with Gasteiger partial charge in [-0.05, 0) is 32.5 Å². The van der Waals surface area contributed by atoms with Crippen molar-refractivity contribution in [2.75, 3.05) is 33.2 Å². The van der Waals surface area contributed by atoms with Gasteiger partial charge in [-0.3, -0.25) is 4.90 Å². The SMILES string of the molecule is Cc1ccc(CN2CCN(C)C(CCN)C2)cc1. The molecular formula is C15H25N3. The maximum Gasteiger partial charge on any atom is 0.0234 e. The van der Waals surface area contributed by atoms with Gasteiger partial charge in [-0.15, -0.1) is 0 Å². The van der Waals surface area contributed by atoms with Gasteiger partial charge in [0.05, 0.1) is 0 Å². The van der Waals surface area contributed by atoms with E-state index in [4.69, 9.17) is 5.73 Å². The highest BCUT2D eigenvalue weighted by Gasteiger charge is 2.23. The van der Waals surface area contributed by atoms with E-state index in [1.165, 1.54) is 11.1 Å². The Morgan fingerprint density at radius 3 is 2.61 bits per heavy atom.